The summed E-state index contributed by atoms with van der Waals surface area (Å²) in [5.74, 6) is -0.129. The molecular weight excluding hydrogens is 487 g/mol. The standard InChI is InChI=1S/C23H20F3N3O5S/c24-23(25,26)34-18-7-3-15(4-8-18)27-21(31)29-11-9-17(10-12-29)33-16-5-1-14(2-6-16)13-19-20(30)28-22(32)35-19/h1-8,13,17H,9-12H2,(H,27,31)(H,28,30,32)/b19-13-. The number of likely N-dealkylation sites (tertiary alicyclic amines) is 1. The van der Waals surface area contributed by atoms with Gasteiger partial charge in [-0.1, -0.05) is 12.1 Å². The van der Waals surface area contributed by atoms with Crippen molar-refractivity contribution in [1.29, 1.82) is 0 Å². The van der Waals surface area contributed by atoms with Gasteiger partial charge in [0, 0.05) is 31.6 Å². The Morgan fingerprint density at radius 1 is 1.03 bits per heavy atom. The zero-order valence-corrected chi connectivity index (χ0v) is 18.9. The van der Waals surface area contributed by atoms with Crippen LogP contribution in [0.2, 0.25) is 0 Å². The van der Waals surface area contributed by atoms with Crippen LogP contribution in [0.3, 0.4) is 0 Å². The van der Waals surface area contributed by atoms with E-state index in [1.54, 1.807) is 35.2 Å². The van der Waals surface area contributed by atoms with Crippen LogP contribution in [0.1, 0.15) is 18.4 Å². The minimum Gasteiger partial charge on any atom is -0.490 e. The summed E-state index contributed by atoms with van der Waals surface area (Å²) in [6.45, 7) is 0.909. The summed E-state index contributed by atoms with van der Waals surface area (Å²) >= 11 is 0.853. The van der Waals surface area contributed by atoms with Gasteiger partial charge in [-0.3, -0.25) is 14.9 Å². The Balaban J connectivity index is 1.23. The molecule has 0 aliphatic carbocycles. The molecule has 2 fully saturated rings. The van der Waals surface area contributed by atoms with E-state index in [2.05, 4.69) is 15.4 Å². The number of piperidine rings is 1. The second-order valence-corrected chi connectivity index (χ2v) is 8.74. The lowest BCUT2D eigenvalue weighted by Crippen LogP contribution is -2.43. The van der Waals surface area contributed by atoms with Gasteiger partial charge in [-0.15, -0.1) is 13.2 Å². The second-order valence-electron chi connectivity index (χ2n) is 7.73. The number of anilines is 1. The van der Waals surface area contributed by atoms with Crippen molar-refractivity contribution in [3.63, 3.8) is 0 Å². The first-order chi connectivity index (χ1) is 16.6. The van der Waals surface area contributed by atoms with E-state index in [4.69, 9.17) is 4.74 Å². The van der Waals surface area contributed by atoms with Gasteiger partial charge < -0.3 is 19.7 Å². The van der Waals surface area contributed by atoms with Crippen LogP contribution in [0.5, 0.6) is 11.5 Å². The number of halogens is 3. The predicted molar refractivity (Wildman–Crippen MR) is 123 cm³/mol. The molecule has 0 bridgehead atoms. The quantitative estimate of drug-likeness (QED) is 0.554. The number of urea groups is 1. The average Bonchev–Trinajstić information content (AvgIpc) is 3.12. The van der Waals surface area contributed by atoms with Gasteiger partial charge in [0.05, 0.1) is 4.91 Å². The Kier molecular flexibility index (Phi) is 7.20. The topological polar surface area (TPSA) is 97.0 Å². The summed E-state index contributed by atoms with van der Waals surface area (Å²) < 4.78 is 46.5. The lowest BCUT2D eigenvalue weighted by molar-refractivity contribution is -0.274. The first-order valence-corrected chi connectivity index (χ1v) is 11.4. The monoisotopic (exact) mass is 507 g/mol. The van der Waals surface area contributed by atoms with E-state index in [1.165, 1.54) is 12.1 Å². The number of nitrogens with one attached hydrogen (secondary N) is 2. The van der Waals surface area contributed by atoms with Crippen LogP contribution in [-0.2, 0) is 4.79 Å². The molecule has 4 rings (SSSR count). The molecule has 2 saturated heterocycles. The molecule has 2 aliphatic rings. The molecule has 8 nitrogen and oxygen atoms in total. The molecule has 2 aliphatic heterocycles. The fourth-order valence-electron chi connectivity index (χ4n) is 3.53. The number of hydrogen-bond acceptors (Lipinski definition) is 6. The second kappa shape index (κ2) is 10.3. The molecule has 0 radical (unpaired) electrons. The van der Waals surface area contributed by atoms with Crippen molar-refractivity contribution in [3.8, 4) is 11.5 Å². The summed E-state index contributed by atoms with van der Waals surface area (Å²) in [5.41, 5.74) is 1.12. The van der Waals surface area contributed by atoms with E-state index in [0.29, 0.717) is 42.3 Å². The lowest BCUT2D eigenvalue weighted by Gasteiger charge is -2.32. The summed E-state index contributed by atoms with van der Waals surface area (Å²) in [6, 6.07) is 11.7. The smallest absolute Gasteiger partial charge is 0.490 e. The molecule has 2 heterocycles. The number of amides is 4. The van der Waals surface area contributed by atoms with Gasteiger partial charge in [0.2, 0.25) is 0 Å². The number of carbonyl (C=O) groups excluding carboxylic acids is 3. The largest absolute Gasteiger partial charge is 0.573 e. The van der Waals surface area contributed by atoms with Crippen molar-refractivity contribution in [1.82, 2.24) is 10.2 Å². The van der Waals surface area contributed by atoms with E-state index in [-0.39, 0.29) is 17.9 Å². The number of ether oxygens (including phenoxy) is 2. The maximum absolute atomic E-state index is 12.5. The van der Waals surface area contributed by atoms with Gasteiger partial charge in [0.15, 0.2) is 0 Å². The molecule has 184 valence electrons. The number of rotatable bonds is 5. The molecule has 0 aromatic heterocycles. The van der Waals surface area contributed by atoms with E-state index < -0.39 is 17.5 Å². The number of nitrogens with zero attached hydrogens (tertiary/aromatic N) is 1. The molecule has 0 unspecified atom stereocenters. The molecular formula is C23H20F3N3O5S. The maximum atomic E-state index is 12.5. The van der Waals surface area contributed by atoms with Gasteiger partial charge in [-0.2, -0.15) is 0 Å². The van der Waals surface area contributed by atoms with Crippen molar-refractivity contribution < 1.29 is 37.0 Å². The zero-order chi connectivity index (χ0) is 25.0. The van der Waals surface area contributed by atoms with Crippen LogP contribution in [-0.4, -0.2) is 47.6 Å². The molecule has 2 N–H and O–H groups in total. The van der Waals surface area contributed by atoms with Crippen molar-refractivity contribution in [3.05, 3.63) is 59.0 Å². The highest BCUT2D eigenvalue weighted by Gasteiger charge is 2.31. The SMILES string of the molecule is O=C1NC(=O)/C(=C/c2ccc(OC3CCN(C(=O)Nc4ccc(OC(F)(F)F)cc4)CC3)cc2)S1. The molecule has 2 aromatic carbocycles. The zero-order valence-electron chi connectivity index (χ0n) is 18.1. The van der Waals surface area contributed by atoms with Crippen LogP contribution < -0.4 is 20.1 Å². The highest BCUT2D eigenvalue weighted by Crippen LogP contribution is 2.27. The number of carbonyl (C=O) groups is 3. The van der Waals surface area contributed by atoms with Gasteiger partial charge in [-0.25, -0.2) is 4.79 Å². The third kappa shape index (κ3) is 6.92. The maximum Gasteiger partial charge on any atom is 0.573 e. The highest BCUT2D eigenvalue weighted by molar-refractivity contribution is 8.18. The van der Waals surface area contributed by atoms with Crippen LogP contribution in [0.25, 0.3) is 6.08 Å². The third-order valence-corrected chi connectivity index (χ3v) is 6.00. The Morgan fingerprint density at radius 2 is 1.66 bits per heavy atom. The Morgan fingerprint density at radius 3 is 2.23 bits per heavy atom. The normalized spacial score (nSPS) is 17.9. The number of imide groups is 1. The molecule has 0 spiro atoms. The van der Waals surface area contributed by atoms with Crippen molar-refractivity contribution in [2.24, 2.45) is 0 Å². The van der Waals surface area contributed by atoms with Gasteiger partial charge >= 0.3 is 12.4 Å². The van der Waals surface area contributed by atoms with E-state index in [9.17, 15) is 27.6 Å². The van der Waals surface area contributed by atoms with Crippen LogP contribution in [0.15, 0.2) is 53.4 Å². The van der Waals surface area contributed by atoms with Crippen molar-refractivity contribution in [2.75, 3.05) is 18.4 Å². The lowest BCUT2D eigenvalue weighted by atomic mass is 10.1. The molecule has 2 aromatic rings. The first kappa shape index (κ1) is 24.5. The first-order valence-electron chi connectivity index (χ1n) is 10.6. The predicted octanol–water partition coefficient (Wildman–Crippen LogP) is 4.98. The molecule has 0 atom stereocenters. The van der Waals surface area contributed by atoms with Crippen LogP contribution in [0.4, 0.5) is 28.4 Å². The third-order valence-electron chi connectivity index (χ3n) is 5.19. The van der Waals surface area contributed by atoms with Gasteiger partial charge in [-0.05, 0) is 59.8 Å². The van der Waals surface area contributed by atoms with Gasteiger partial charge in [0.1, 0.15) is 17.6 Å². The molecule has 0 saturated carbocycles. The fourth-order valence-corrected chi connectivity index (χ4v) is 4.21. The van der Waals surface area contributed by atoms with Gasteiger partial charge in [0.25, 0.3) is 11.1 Å². The van der Waals surface area contributed by atoms with E-state index in [1.807, 2.05) is 0 Å². The van der Waals surface area contributed by atoms with Crippen LogP contribution in [0, 0.1) is 0 Å². The summed E-state index contributed by atoms with van der Waals surface area (Å²) in [7, 11) is 0. The average molecular weight is 507 g/mol. The summed E-state index contributed by atoms with van der Waals surface area (Å²) in [5, 5.41) is 4.47. The Bertz CT molecular complexity index is 1130. The van der Waals surface area contributed by atoms with E-state index >= 15 is 0 Å². The van der Waals surface area contributed by atoms with Crippen molar-refractivity contribution in [2.45, 2.75) is 25.3 Å². The number of hydrogen-bond donors (Lipinski definition) is 2. The van der Waals surface area contributed by atoms with E-state index in [0.717, 1.165) is 29.5 Å². The summed E-state index contributed by atoms with van der Waals surface area (Å²) in [4.78, 5) is 37.3. The highest BCUT2D eigenvalue weighted by atomic mass is 32.2. The number of thioether (sulfide) groups is 1. The Hall–Kier alpha value is -3.67. The summed E-state index contributed by atoms with van der Waals surface area (Å²) in [6.07, 6.45) is -2.02. The number of benzene rings is 2. The molecule has 4 amide bonds. The fraction of sp³-hybridized carbons (Fsp3) is 0.261. The molecule has 35 heavy (non-hydrogen) atoms. The minimum absolute atomic E-state index is 0.0872. The van der Waals surface area contributed by atoms with Crippen molar-refractivity contribution >= 4 is 40.7 Å². The number of alkyl halides is 3. The minimum atomic E-state index is -4.77. The Labute approximate surface area is 202 Å². The molecule has 12 heteroatoms. The van der Waals surface area contributed by atoms with Crippen LogP contribution >= 0.6 is 11.8 Å².